The van der Waals surface area contributed by atoms with Crippen molar-refractivity contribution in [3.05, 3.63) is 28.2 Å². The minimum atomic E-state index is 0.0751. The fourth-order valence-electron chi connectivity index (χ4n) is 3.97. The molecule has 0 amide bonds. The van der Waals surface area contributed by atoms with Crippen LogP contribution in [0.3, 0.4) is 0 Å². The van der Waals surface area contributed by atoms with E-state index in [1.165, 1.54) is 43.6 Å². The quantitative estimate of drug-likeness (QED) is 0.886. The lowest BCUT2D eigenvalue weighted by atomic mass is 9.84. The molecule has 0 bridgehead atoms. The van der Waals surface area contributed by atoms with Gasteiger partial charge < -0.3 is 15.5 Å². The van der Waals surface area contributed by atoms with Crippen LogP contribution < -0.4 is 10.6 Å². The third-order valence-electron chi connectivity index (χ3n) is 5.19. The maximum absolute atomic E-state index is 6.00. The van der Waals surface area contributed by atoms with Crippen molar-refractivity contribution in [2.75, 3.05) is 31.6 Å². The highest BCUT2D eigenvalue weighted by molar-refractivity contribution is 9.10. The van der Waals surface area contributed by atoms with Crippen molar-refractivity contribution < 1.29 is 0 Å². The fraction of sp³-hybridized carbons (Fsp3) is 0.647. The Morgan fingerprint density at radius 2 is 2.10 bits per heavy atom. The summed E-state index contributed by atoms with van der Waals surface area (Å²) < 4.78 is 1.14. The number of hydrogen-bond donors (Lipinski definition) is 1. The zero-order valence-corrected chi connectivity index (χ0v) is 14.6. The van der Waals surface area contributed by atoms with E-state index in [1.54, 1.807) is 0 Å². The van der Waals surface area contributed by atoms with Crippen molar-refractivity contribution in [1.82, 2.24) is 4.90 Å². The van der Waals surface area contributed by atoms with E-state index in [2.05, 4.69) is 51.0 Å². The second-order valence-corrected chi connectivity index (χ2v) is 7.53. The van der Waals surface area contributed by atoms with Crippen molar-refractivity contribution in [3.63, 3.8) is 0 Å². The molecule has 2 fully saturated rings. The van der Waals surface area contributed by atoms with Gasteiger partial charge in [-0.05, 0) is 63.4 Å². The molecule has 2 saturated heterocycles. The first-order valence-electron chi connectivity index (χ1n) is 8.06. The molecule has 0 saturated carbocycles. The van der Waals surface area contributed by atoms with E-state index in [4.69, 9.17) is 5.73 Å². The molecule has 3 rings (SSSR count). The summed E-state index contributed by atoms with van der Waals surface area (Å²) in [7, 11) is 2.29. The van der Waals surface area contributed by atoms with Crippen LogP contribution in [-0.2, 0) is 0 Å². The molecule has 4 heteroatoms. The van der Waals surface area contributed by atoms with Crippen LogP contribution in [0.2, 0.25) is 0 Å². The van der Waals surface area contributed by atoms with Gasteiger partial charge in [0.2, 0.25) is 0 Å². The molecule has 1 aromatic carbocycles. The minimum absolute atomic E-state index is 0.0751. The zero-order chi connectivity index (χ0) is 15.0. The number of fused-ring (bicyclic) bond motifs is 1. The zero-order valence-electron chi connectivity index (χ0n) is 13.1. The van der Waals surface area contributed by atoms with Gasteiger partial charge in [-0.25, -0.2) is 0 Å². The Labute approximate surface area is 136 Å². The predicted molar refractivity (Wildman–Crippen MR) is 92.7 cm³/mol. The van der Waals surface area contributed by atoms with Crippen LogP contribution in [0.15, 0.2) is 22.7 Å². The average molecular weight is 352 g/mol. The Morgan fingerprint density at radius 3 is 2.81 bits per heavy atom. The van der Waals surface area contributed by atoms with E-state index in [0.717, 1.165) is 23.0 Å². The van der Waals surface area contributed by atoms with Crippen molar-refractivity contribution >= 4 is 21.6 Å². The molecule has 2 unspecified atom stereocenters. The van der Waals surface area contributed by atoms with E-state index in [9.17, 15) is 0 Å². The summed E-state index contributed by atoms with van der Waals surface area (Å²) in [6.45, 7) is 5.66. The van der Waals surface area contributed by atoms with Gasteiger partial charge in [-0.3, -0.25) is 0 Å². The molecule has 0 radical (unpaired) electrons. The Kier molecular flexibility index (Phi) is 4.57. The molecule has 116 valence electrons. The number of benzene rings is 1. The standard InChI is InChI=1S/C17H26BrN3/c1-12(19)15-6-5-14(10-16(15)18)21-9-7-17-13(11-21)4-3-8-20(17)2/h5-6,10,12-13,17H,3-4,7-9,11,19H2,1-2H3/t12-,13?,17?/m0/s1. The monoisotopic (exact) mass is 351 g/mol. The molecule has 21 heavy (non-hydrogen) atoms. The normalized spacial score (nSPS) is 28.3. The summed E-state index contributed by atoms with van der Waals surface area (Å²) in [5.74, 6) is 0.824. The molecule has 3 atom stereocenters. The lowest BCUT2D eigenvalue weighted by Gasteiger charge is -2.46. The Morgan fingerprint density at radius 1 is 1.29 bits per heavy atom. The molecule has 0 aliphatic carbocycles. The van der Waals surface area contributed by atoms with Gasteiger partial charge in [0, 0.05) is 35.3 Å². The van der Waals surface area contributed by atoms with Gasteiger partial charge in [0.05, 0.1) is 0 Å². The second-order valence-electron chi connectivity index (χ2n) is 6.68. The molecular weight excluding hydrogens is 326 g/mol. The summed E-state index contributed by atoms with van der Waals surface area (Å²) in [5, 5.41) is 0. The first-order chi connectivity index (χ1) is 10.1. The predicted octanol–water partition coefficient (Wildman–Crippen LogP) is 3.39. The third-order valence-corrected chi connectivity index (χ3v) is 5.87. The highest BCUT2D eigenvalue weighted by Gasteiger charge is 2.34. The van der Waals surface area contributed by atoms with Crippen LogP contribution in [0.25, 0.3) is 0 Å². The Bertz CT molecular complexity index is 503. The molecule has 2 aliphatic heterocycles. The van der Waals surface area contributed by atoms with Crippen LogP contribution in [0.1, 0.15) is 37.8 Å². The van der Waals surface area contributed by atoms with Gasteiger partial charge in [-0.2, -0.15) is 0 Å². The van der Waals surface area contributed by atoms with E-state index >= 15 is 0 Å². The van der Waals surface area contributed by atoms with Gasteiger partial charge in [0.1, 0.15) is 0 Å². The number of hydrogen-bond acceptors (Lipinski definition) is 3. The lowest BCUT2D eigenvalue weighted by molar-refractivity contribution is 0.102. The topological polar surface area (TPSA) is 32.5 Å². The van der Waals surface area contributed by atoms with Gasteiger partial charge in [0.25, 0.3) is 0 Å². The fourth-order valence-corrected chi connectivity index (χ4v) is 4.70. The number of likely N-dealkylation sites (tertiary alicyclic amines) is 1. The van der Waals surface area contributed by atoms with E-state index < -0.39 is 0 Å². The van der Waals surface area contributed by atoms with Crippen molar-refractivity contribution in [3.8, 4) is 0 Å². The first kappa shape index (κ1) is 15.3. The number of piperidine rings is 2. The molecule has 0 spiro atoms. The van der Waals surface area contributed by atoms with Crippen molar-refractivity contribution in [1.29, 1.82) is 0 Å². The number of nitrogens with two attached hydrogens (primary N) is 1. The van der Waals surface area contributed by atoms with Crippen LogP contribution in [0.5, 0.6) is 0 Å². The highest BCUT2D eigenvalue weighted by Crippen LogP contribution is 2.34. The van der Waals surface area contributed by atoms with Gasteiger partial charge in [-0.1, -0.05) is 22.0 Å². The maximum Gasteiger partial charge on any atom is 0.0377 e. The Balaban J connectivity index is 1.75. The molecule has 1 aromatic rings. The van der Waals surface area contributed by atoms with E-state index in [1.807, 2.05) is 6.92 Å². The SMILES string of the molecule is C[C@H](N)c1ccc(N2CCC3C(CCCN3C)C2)cc1Br. The van der Waals surface area contributed by atoms with E-state index in [0.29, 0.717) is 0 Å². The molecule has 3 nitrogen and oxygen atoms in total. The number of anilines is 1. The molecule has 2 N–H and O–H groups in total. The second kappa shape index (κ2) is 6.27. The van der Waals surface area contributed by atoms with Crippen LogP contribution >= 0.6 is 15.9 Å². The Hall–Kier alpha value is -0.580. The lowest BCUT2D eigenvalue weighted by Crippen LogP contribution is -2.52. The minimum Gasteiger partial charge on any atom is -0.371 e. The van der Waals surface area contributed by atoms with Crippen LogP contribution in [0, 0.1) is 5.92 Å². The first-order valence-corrected chi connectivity index (χ1v) is 8.86. The van der Waals surface area contributed by atoms with Crippen LogP contribution in [-0.4, -0.2) is 37.6 Å². The van der Waals surface area contributed by atoms with Crippen molar-refractivity contribution in [2.24, 2.45) is 11.7 Å². The molecule has 0 aromatic heterocycles. The van der Waals surface area contributed by atoms with Gasteiger partial charge in [0.15, 0.2) is 0 Å². The largest absolute Gasteiger partial charge is 0.371 e. The average Bonchev–Trinajstić information content (AvgIpc) is 2.46. The van der Waals surface area contributed by atoms with Crippen molar-refractivity contribution in [2.45, 2.75) is 38.3 Å². The summed E-state index contributed by atoms with van der Waals surface area (Å²) >= 11 is 3.68. The summed E-state index contributed by atoms with van der Waals surface area (Å²) in [5.41, 5.74) is 8.51. The molecule has 2 aliphatic rings. The summed E-state index contributed by atoms with van der Waals surface area (Å²) in [4.78, 5) is 5.12. The van der Waals surface area contributed by atoms with Crippen LogP contribution in [0.4, 0.5) is 5.69 Å². The number of rotatable bonds is 2. The molecular formula is C17H26BrN3. The number of halogens is 1. The van der Waals surface area contributed by atoms with E-state index in [-0.39, 0.29) is 6.04 Å². The maximum atomic E-state index is 6.00. The number of nitrogens with zero attached hydrogens (tertiary/aromatic N) is 2. The molecule has 2 heterocycles. The van der Waals surface area contributed by atoms with Gasteiger partial charge >= 0.3 is 0 Å². The summed E-state index contributed by atoms with van der Waals surface area (Å²) in [6.07, 6.45) is 4.01. The highest BCUT2D eigenvalue weighted by atomic mass is 79.9. The third kappa shape index (κ3) is 3.13. The smallest absolute Gasteiger partial charge is 0.0377 e. The van der Waals surface area contributed by atoms with Gasteiger partial charge in [-0.15, -0.1) is 0 Å². The summed E-state index contributed by atoms with van der Waals surface area (Å²) in [6, 6.07) is 7.51.